The summed E-state index contributed by atoms with van der Waals surface area (Å²) in [4.78, 5) is 120. The van der Waals surface area contributed by atoms with Gasteiger partial charge >= 0.3 is 229 Å². The first kappa shape index (κ1) is 84.6. The van der Waals surface area contributed by atoms with E-state index in [2.05, 4.69) is 0 Å². The molecule has 0 fully saturated rings. The topological polar surface area (TPSA) is 614 Å². The fourth-order valence-corrected chi connectivity index (χ4v) is 2.74. The number of carboxylic acid groups (broad SMARTS) is 12. The first-order valence-corrected chi connectivity index (χ1v) is 16.1. The van der Waals surface area contributed by atoms with E-state index in [0.29, 0.717) is 74.2 Å². The van der Waals surface area contributed by atoms with Crippen LogP contribution in [0.15, 0.2) is 0 Å². The van der Waals surface area contributed by atoms with Gasteiger partial charge in [-0.15, -0.1) is 0 Å². The van der Waals surface area contributed by atoms with Gasteiger partial charge in [-0.05, 0) is 0 Å². The number of carbonyl (C=O) groups is 12. The molecule has 0 aliphatic carbocycles. The maximum atomic E-state index is 10.1. The van der Waals surface area contributed by atoms with Crippen molar-refractivity contribution in [2.75, 3.05) is 0 Å². The van der Waals surface area contributed by atoms with Gasteiger partial charge in [0.15, 0.2) is 0 Å². The molecule has 0 atom stereocenters. The monoisotopic (exact) mass is 1490 g/mol. The van der Waals surface area contributed by atoms with Crippen LogP contribution in [0.5, 0.6) is 0 Å². The zero-order valence-electron chi connectivity index (χ0n) is 30.1. The summed E-state index contributed by atoms with van der Waals surface area (Å²) < 4.78 is 25.0. The van der Waals surface area contributed by atoms with Crippen LogP contribution in [0.4, 0.5) is 0 Å². The first-order chi connectivity index (χ1) is 26.1. The predicted octanol–water partition coefficient (Wildman–Crippen LogP) is -22.5. The van der Waals surface area contributed by atoms with Gasteiger partial charge in [0.05, 0.1) is 23.9 Å². The van der Waals surface area contributed by atoms with E-state index in [1.807, 2.05) is 0 Å². The van der Waals surface area contributed by atoms with Crippen LogP contribution in [0.3, 0.4) is 0 Å². The van der Waals surface area contributed by atoms with Gasteiger partial charge in [0.1, 0.15) is 22.4 Å². The Hall–Kier alpha value is 0.244. The summed E-state index contributed by atoms with van der Waals surface area (Å²) in [5, 5.41) is 156. The summed E-state index contributed by atoms with van der Waals surface area (Å²) in [7, 11) is 0. The average Bonchev–Trinajstić information content (AvgIpc) is 3.01. The van der Waals surface area contributed by atoms with Gasteiger partial charge < -0.3 is 139 Å². The summed E-state index contributed by atoms with van der Waals surface area (Å²) in [6, 6.07) is 0. The second-order valence-electron chi connectivity index (χ2n) is 9.67. The zero-order chi connectivity index (χ0) is 48.6. The molecular formula is C24H20Ba3O31Zr3. The zero-order valence-corrected chi connectivity index (χ0v) is 50.8. The molecule has 0 bridgehead atoms. The minimum atomic E-state index is -2.97. The SMILES string of the molecule is O=C([O-])CC(O)(CC(=O)[O-])C(=O)[O-].O=C([O-])CC(O)(CC(=O)[O-])C(=O)[O-].O=C([O-])CC(O)(CC(=O)[O-])C(=O)[O-].O=C([O-])CC(O)(CC(=O)[O-])C(=O)[O-].[Ba+2].[Ba+2].[Ba+2].[O]=[Zr+2].[O]=[Zr+2].[O]=[Zr+2]. The van der Waals surface area contributed by atoms with Crippen molar-refractivity contribution in [3.63, 3.8) is 0 Å². The van der Waals surface area contributed by atoms with Crippen LogP contribution < -0.4 is 61.3 Å². The Labute approximate surface area is 504 Å². The van der Waals surface area contributed by atoms with Crippen molar-refractivity contribution >= 4 is 218 Å². The van der Waals surface area contributed by atoms with Crippen molar-refractivity contribution in [2.24, 2.45) is 0 Å². The van der Waals surface area contributed by atoms with Gasteiger partial charge in [-0.1, -0.05) is 0 Å². The average molecular weight is 1490 g/mol. The summed E-state index contributed by atoms with van der Waals surface area (Å²) in [5.41, 5.74) is -11.9. The van der Waals surface area contributed by atoms with Crippen LogP contribution in [-0.4, -0.2) is 261 Å². The molecule has 31 nitrogen and oxygen atoms in total. The fraction of sp³-hybridized carbons (Fsp3) is 0.500. The van der Waals surface area contributed by atoms with E-state index >= 15 is 0 Å². The molecule has 0 aliphatic rings. The molecule has 0 heterocycles. The second kappa shape index (κ2) is 45.4. The molecule has 37 heteroatoms. The molecule has 0 unspecified atom stereocenters. The first-order valence-electron chi connectivity index (χ1n) is 13.1. The van der Waals surface area contributed by atoms with E-state index in [4.69, 9.17) is 28.9 Å². The van der Waals surface area contributed by atoms with Crippen LogP contribution >= 0.6 is 0 Å². The van der Waals surface area contributed by atoms with Gasteiger partial charge in [-0.25, -0.2) is 0 Å². The number of hydrogen-bond donors (Lipinski definition) is 4. The second-order valence-corrected chi connectivity index (χ2v) is 9.67. The standard InChI is InChI=1S/4C6H8O7.3Ba.3O.3Zr/c4*7-3(8)1-6(13,5(11)12)2-4(9)10;;;;;;;;;/h4*13H,1-2H2,(H,7,8)(H,9,10)(H,11,12);;;;;;;;;/q;;;;3*+2;;;;3*+2/p-12. The number of carbonyl (C=O) groups excluding carboxylic acids is 12. The van der Waals surface area contributed by atoms with Gasteiger partial charge in [-0.3, -0.25) is 0 Å². The summed E-state index contributed by atoms with van der Waals surface area (Å²) in [6.45, 7) is 0. The Balaban J connectivity index is -0.0000000670. The van der Waals surface area contributed by atoms with Crippen LogP contribution in [-0.2, 0) is 140 Å². The predicted molar refractivity (Wildman–Crippen MR) is 136 cm³/mol. The molecule has 0 aromatic heterocycles. The number of hydrogen-bond acceptors (Lipinski definition) is 31. The third-order valence-corrected chi connectivity index (χ3v) is 5.01. The van der Waals surface area contributed by atoms with E-state index in [1.165, 1.54) is 0 Å². The number of rotatable bonds is 20. The van der Waals surface area contributed by atoms with Crippen LogP contribution in [0.25, 0.3) is 0 Å². The van der Waals surface area contributed by atoms with Crippen LogP contribution in [0.2, 0.25) is 0 Å². The summed E-state index contributed by atoms with van der Waals surface area (Å²) >= 11 is 0.900. The third-order valence-electron chi connectivity index (χ3n) is 5.01. The van der Waals surface area contributed by atoms with Gasteiger partial charge in [0.2, 0.25) is 0 Å². The Morgan fingerprint density at radius 1 is 0.262 bits per heavy atom. The molecule has 320 valence electrons. The van der Waals surface area contributed by atoms with Gasteiger partial charge in [0, 0.05) is 99.1 Å². The van der Waals surface area contributed by atoms with Crippen LogP contribution in [0, 0.1) is 0 Å². The molecule has 0 saturated heterocycles. The molecule has 61 heavy (non-hydrogen) atoms. The van der Waals surface area contributed by atoms with Crippen LogP contribution in [0.1, 0.15) is 51.4 Å². The van der Waals surface area contributed by atoms with Crippen molar-refractivity contribution in [2.45, 2.75) is 73.8 Å². The summed E-state index contributed by atoms with van der Waals surface area (Å²) in [5.74, 6) is -23.9. The van der Waals surface area contributed by atoms with Crippen molar-refractivity contribution in [3.05, 3.63) is 0 Å². The minimum absolute atomic E-state index is 0. The molecule has 4 N–H and O–H groups in total. The van der Waals surface area contributed by atoms with Crippen molar-refractivity contribution < 1.29 is 222 Å². The molecule has 0 aromatic rings. The molecular weight excluding hydrogens is 1470 g/mol. The van der Waals surface area contributed by atoms with E-state index in [-0.39, 0.29) is 147 Å². The Kier molecular flexibility index (Phi) is 63.0. The fourth-order valence-electron chi connectivity index (χ4n) is 2.74. The Morgan fingerprint density at radius 2 is 0.328 bits per heavy atom. The van der Waals surface area contributed by atoms with E-state index in [9.17, 15) is 119 Å². The van der Waals surface area contributed by atoms with E-state index in [0.717, 1.165) is 0 Å². The Morgan fingerprint density at radius 3 is 0.361 bits per heavy atom. The van der Waals surface area contributed by atoms with E-state index in [1.54, 1.807) is 0 Å². The maximum absolute atomic E-state index is 10.1. The van der Waals surface area contributed by atoms with Gasteiger partial charge in [-0.2, -0.15) is 0 Å². The number of aliphatic carboxylic acids is 12. The normalized spacial score (nSPS) is 9.54. The third kappa shape index (κ3) is 49.5. The number of aliphatic hydroxyl groups is 4. The molecule has 0 amide bonds. The van der Waals surface area contributed by atoms with Crippen molar-refractivity contribution in [1.29, 1.82) is 0 Å². The van der Waals surface area contributed by atoms with Crippen molar-refractivity contribution in [3.8, 4) is 0 Å². The molecule has 0 aliphatic heterocycles. The summed E-state index contributed by atoms with van der Waals surface area (Å²) in [6.07, 6.45) is -10.9. The molecule has 0 saturated carbocycles. The quantitative estimate of drug-likeness (QED) is 0.0822. The molecule has 0 rings (SSSR count). The molecule has 0 aromatic carbocycles. The van der Waals surface area contributed by atoms with Gasteiger partial charge in [0.25, 0.3) is 0 Å². The number of carboxylic acids is 12. The molecule has 0 radical (unpaired) electrons. The molecule has 0 spiro atoms. The van der Waals surface area contributed by atoms with E-state index < -0.39 is 145 Å². The van der Waals surface area contributed by atoms with Crippen molar-refractivity contribution in [1.82, 2.24) is 0 Å². The Bertz CT molecular complexity index is 1200.